The van der Waals surface area contributed by atoms with E-state index < -0.39 is 12.1 Å². The first-order valence-corrected chi connectivity index (χ1v) is 11.7. The van der Waals surface area contributed by atoms with E-state index >= 15 is 0 Å². The number of benzene rings is 4. The molecule has 0 spiro atoms. The third-order valence-corrected chi connectivity index (χ3v) is 6.05. The Bertz CT molecular complexity index is 1390. The van der Waals surface area contributed by atoms with Gasteiger partial charge in [0.2, 0.25) is 5.78 Å². The summed E-state index contributed by atoms with van der Waals surface area (Å²) in [5, 5.41) is 2.81. The molecule has 1 amide bonds. The Morgan fingerprint density at radius 2 is 1.28 bits per heavy atom. The number of Topliss-reactive ketones (excluding diaryl/α,β-unsaturated/α-hetero) is 1. The fourth-order valence-electron chi connectivity index (χ4n) is 3.72. The van der Waals surface area contributed by atoms with Crippen molar-refractivity contribution in [3.8, 4) is 0 Å². The van der Waals surface area contributed by atoms with Crippen LogP contribution in [0.5, 0.6) is 0 Å². The van der Waals surface area contributed by atoms with E-state index in [0.717, 1.165) is 16.7 Å². The van der Waals surface area contributed by atoms with Gasteiger partial charge in [0, 0.05) is 22.4 Å². The van der Waals surface area contributed by atoms with Crippen LogP contribution in [0.3, 0.4) is 0 Å². The second kappa shape index (κ2) is 10.8. The number of aryl methyl sites for hydroxylation is 3. The molecule has 0 heterocycles. The van der Waals surface area contributed by atoms with Crippen LogP contribution in [-0.2, 0) is 4.74 Å². The summed E-state index contributed by atoms with van der Waals surface area (Å²) in [6, 6.07) is 28.1. The SMILES string of the molecule is Cc1ccc(C(=O)Nc2ccc(C(=O)O[C@H](C(=O)c3ccc(C)c(C)c3)c3ccccc3)cc2)cc1. The maximum Gasteiger partial charge on any atom is 0.339 e. The first-order valence-electron chi connectivity index (χ1n) is 11.7. The van der Waals surface area contributed by atoms with Crippen LogP contribution in [0.1, 0.15) is 59.4 Å². The van der Waals surface area contributed by atoms with E-state index in [9.17, 15) is 14.4 Å². The lowest BCUT2D eigenvalue weighted by Gasteiger charge is -2.18. The molecule has 4 aromatic rings. The Hall–Kier alpha value is -4.51. The molecule has 4 rings (SSSR count). The molecule has 0 fully saturated rings. The van der Waals surface area contributed by atoms with Crippen LogP contribution in [0.4, 0.5) is 5.69 Å². The van der Waals surface area contributed by atoms with E-state index in [1.54, 1.807) is 66.7 Å². The van der Waals surface area contributed by atoms with Crippen LogP contribution in [0, 0.1) is 20.8 Å². The number of hydrogen-bond donors (Lipinski definition) is 1. The molecule has 180 valence electrons. The van der Waals surface area contributed by atoms with Crippen LogP contribution >= 0.6 is 0 Å². The van der Waals surface area contributed by atoms with E-state index in [0.29, 0.717) is 22.4 Å². The predicted octanol–water partition coefficient (Wildman–Crippen LogP) is 6.65. The summed E-state index contributed by atoms with van der Waals surface area (Å²) < 4.78 is 5.73. The summed E-state index contributed by atoms with van der Waals surface area (Å²) in [4.78, 5) is 38.9. The van der Waals surface area contributed by atoms with E-state index in [1.807, 2.05) is 51.1 Å². The largest absolute Gasteiger partial charge is 0.445 e. The Balaban J connectivity index is 1.51. The molecule has 1 atom stereocenters. The number of amides is 1. The molecule has 0 aliphatic rings. The van der Waals surface area contributed by atoms with Crippen LogP contribution < -0.4 is 5.32 Å². The van der Waals surface area contributed by atoms with E-state index in [-0.39, 0.29) is 17.3 Å². The lowest BCUT2D eigenvalue weighted by atomic mass is 9.97. The first-order chi connectivity index (χ1) is 17.3. The standard InChI is InChI=1S/C31H27NO4/c1-20-9-12-24(13-10-20)30(34)32-27-17-15-25(16-18-27)31(35)36-29(23-7-5-4-6-8-23)28(33)26-14-11-21(2)22(3)19-26/h4-19,29H,1-3H3,(H,32,34)/t29-/m0/s1. The van der Waals surface area contributed by atoms with Gasteiger partial charge in [-0.3, -0.25) is 9.59 Å². The minimum atomic E-state index is -1.08. The average Bonchev–Trinajstić information content (AvgIpc) is 2.89. The third-order valence-electron chi connectivity index (χ3n) is 6.05. The van der Waals surface area contributed by atoms with Gasteiger partial charge in [-0.1, -0.05) is 60.2 Å². The normalized spacial score (nSPS) is 11.4. The maximum atomic E-state index is 13.4. The predicted molar refractivity (Wildman–Crippen MR) is 140 cm³/mol. The number of anilines is 1. The number of rotatable bonds is 7. The molecule has 0 saturated heterocycles. The molecule has 0 aromatic heterocycles. The van der Waals surface area contributed by atoms with Crippen molar-refractivity contribution in [1.29, 1.82) is 0 Å². The lowest BCUT2D eigenvalue weighted by Crippen LogP contribution is -2.20. The molecule has 0 aliphatic heterocycles. The van der Waals surface area contributed by atoms with Crippen LogP contribution in [-0.4, -0.2) is 17.7 Å². The Kier molecular flexibility index (Phi) is 7.40. The summed E-state index contributed by atoms with van der Waals surface area (Å²) in [5.74, 6) is -1.16. The number of esters is 1. The molecule has 0 bridgehead atoms. The number of nitrogens with one attached hydrogen (secondary N) is 1. The van der Waals surface area contributed by atoms with Gasteiger partial charge in [-0.2, -0.15) is 0 Å². The van der Waals surface area contributed by atoms with Crippen molar-refractivity contribution < 1.29 is 19.1 Å². The maximum absolute atomic E-state index is 13.4. The van der Waals surface area contributed by atoms with Crippen LogP contribution in [0.2, 0.25) is 0 Å². The van der Waals surface area contributed by atoms with Crippen molar-refractivity contribution in [2.24, 2.45) is 0 Å². The molecular weight excluding hydrogens is 450 g/mol. The van der Waals surface area contributed by atoms with Crippen LogP contribution in [0.15, 0.2) is 97.1 Å². The number of carbonyl (C=O) groups is 3. The van der Waals surface area contributed by atoms with Gasteiger partial charge in [0.1, 0.15) is 0 Å². The van der Waals surface area contributed by atoms with Crippen molar-refractivity contribution >= 4 is 23.3 Å². The topological polar surface area (TPSA) is 72.5 Å². The molecule has 1 N–H and O–H groups in total. The van der Waals surface area contributed by atoms with Crippen molar-refractivity contribution in [2.75, 3.05) is 5.32 Å². The minimum Gasteiger partial charge on any atom is -0.445 e. The summed E-state index contributed by atoms with van der Waals surface area (Å²) >= 11 is 0. The highest BCUT2D eigenvalue weighted by atomic mass is 16.5. The van der Waals surface area contributed by atoms with Crippen molar-refractivity contribution in [1.82, 2.24) is 0 Å². The van der Waals surface area contributed by atoms with Gasteiger partial charge in [0.15, 0.2) is 6.10 Å². The molecule has 5 nitrogen and oxygen atoms in total. The molecule has 0 radical (unpaired) electrons. The molecule has 4 aromatic carbocycles. The smallest absolute Gasteiger partial charge is 0.339 e. The van der Waals surface area contributed by atoms with Crippen LogP contribution in [0.25, 0.3) is 0 Å². The zero-order valence-electron chi connectivity index (χ0n) is 20.4. The van der Waals surface area contributed by atoms with Gasteiger partial charge in [-0.05, 0) is 74.4 Å². The fourth-order valence-corrected chi connectivity index (χ4v) is 3.72. The van der Waals surface area contributed by atoms with Crippen molar-refractivity contribution in [2.45, 2.75) is 26.9 Å². The number of hydrogen-bond acceptors (Lipinski definition) is 4. The zero-order chi connectivity index (χ0) is 25.7. The second-order valence-electron chi connectivity index (χ2n) is 8.76. The summed E-state index contributed by atoms with van der Waals surface area (Å²) in [5.41, 5.74) is 5.57. The van der Waals surface area contributed by atoms with Gasteiger partial charge in [0.05, 0.1) is 5.56 Å². The molecule has 0 saturated carbocycles. The number of carbonyl (C=O) groups excluding carboxylic acids is 3. The third kappa shape index (κ3) is 5.76. The summed E-state index contributed by atoms with van der Waals surface area (Å²) in [7, 11) is 0. The highest BCUT2D eigenvalue weighted by Crippen LogP contribution is 2.25. The van der Waals surface area contributed by atoms with Gasteiger partial charge in [-0.25, -0.2) is 4.79 Å². The van der Waals surface area contributed by atoms with Crippen molar-refractivity contribution in [3.05, 3.63) is 136 Å². The first kappa shape index (κ1) is 24.6. The zero-order valence-corrected chi connectivity index (χ0v) is 20.4. The number of ether oxygens (including phenoxy) is 1. The second-order valence-corrected chi connectivity index (χ2v) is 8.76. The monoisotopic (exact) mass is 477 g/mol. The van der Waals surface area contributed by atoms with Gasteiger partial charge < -0.3 is 10.1 Å². The molecular formula is C31H27NO4. The molecule has 0 aliphatic carbocycles. The van der Waals surface area contributed by atoms with Gasteiger partial charge in [0.25, 0.3) is 5.91 Å². The molecule has 36 heavy (non-hydrogen) atoms. The quantitative estimate of drug-likeness (QED) is 0.239. The van der Waals surface area contributed by atoms with Gasteiger partial charge >= 0.3 is 5.97 Å². The highest BCUT2D eigenvalue weighted by molar-refractivity contribution is 6.05. The Labute approximate surface area is 210 Å². The summed E-state index contributed by atoms with van der Waals surface area (Å²) in [6.45, 7) is 5.87. The van der Waals surface area contributed by atoms with Gasteiger partial charge in [-0.15, -0.1) is 0 Å². The molecule has 5 heteroatoms. The van der Waals surface area contributed by atoms with Crippen molar-refractivity contribution in [3.63, 3.8) is 0 Å². The number of ketones is 1. The fraction of sp³-hybridized carbons (Fsp3) is 0.129. The molecule has 0 unspecified atom stereocenters. The lowest BCUT2D eigenvalue weighted by molar-refractivity contribution is 0.0280. The Morgan fingerprint density at radius 3 is 1.92 bits per heavy atom. The average molecular weight is 478 g/mol. The highest BCUT2D eigenvalue weighted by Gasteiger charge is 2.27. The van der Waals surface area contributed by atoms with E-state index in [4.69, 9.17) is 4.74 Å². The summed E-state index contributed by atoms with van der Waals surface area (Å²) in [6.07, 6.45) is -1.08. The minimum absolute atomic E-state index is 0.242. The Morgan fingerprint density at radius 1 is 0.667 bits per heavy atom. The van der Waals surface area contributed by atoms with E-state index in [2.05, 4.69) is 5.32 Å². The van der Waals surface area contributed by atoms with E-state index in [1.165, 1.54) is 0 Å².